The van der Waals surface area contributed by atoms with E-state index in [2.05, 4.69) is 15.2 Å². The average molecular weight is 455 g/mol. The second kappa shape index (κ2) is 8.23. The Morgan fingerprint density at radius 2 is 2.06 bits per heavy atom. The molecule has 2 bridgehead atoms. The summed E-state index contributed by atoms with van der Waals surface area (Å²) in [5, 5.41) is 15.4. The van der Waals surface area contributed by atoms with E-state index in [1.807, 2.05) is 13.0 Å². The number of benzene rings is 1. The first-order chi connectivity index (χ1) is 15.5. The number of halogens is 1. The van der Waals surface area contributed by atoms with Crippen LogP contribution in [0.4, 0.5) is 9.52 Å². The lowest BCUT2D eigenvalue weighted by molar-refractivity contribution is -0.122. The van der Waals surface area contributed by atoms with Crippen LogP contribution in [0.15, 0.2) is 52.8 Å². The van der Waals surface area contributed by atoms with Gasteiger partial charge in [0.1, 0.15) is 5.82 Å². The molecule has 0 unspecified atom stereocenters. The summed E-state index contributed by atoms with van der Waals surface area (Å²) in [5.41, 5.74) is 1.72. The maximum absolute atomic E-state index is 13.4. The highest BCUT2D eigenvalue weighted by Crippen LogP contribution is 2.48. The second-order valence-electron chi connectivity index (χ2n) is 8.14. The van der Waals surface area contributed by atoms with Crippen molar-refractivity contribution in [2.75, 3.05) is 18.5 Å². The Bertz CT molecular complexity index is 1190. The van der Waals surface area contributed by atoms with Crippen LogP contribution in [0.1, 0.15) is 18.7 Å². The first-order valence-electron chi connectivity index (χ1n) is 10.6. The van der Waals surface area contributed by atoms with Crippen molar-refractivity contribution >= 4 is 22.4 Å². The van der Waals surface area contributed by atoms with Gasteiger partial charge in [-0.1, -0.05) is 19.1 Å². The largest absolute Gasteiger partial charge is 0.396 e. The van der Waals surface area contributed by atoms with Gasteiger partial charge in [0.25, 0.3) is 5.56 Å². The predicted molar refractivity (Wildman–Crippen MR) is 120 cm³/mol. The molecule has 1 fully saturated rings. The molecule has 4 heterocycles. The number of anilines is 1. The molecule has 0 saturated carbocycles. The zero-order valence-electron chi connectivity index (χ0n) is 17.4. The number of aromatic nitrogens is 2. The highest BCUT2D eigenvalue weighted by molar-refractivity contribution is 7.13. The number of fused-ring (bicyclic) bond motifs is 4. The SMILES string of the molecule is CCN1[C@@H]2Cn3c(ccc(-c4ccc(F)cc4)c3=O)[C@H]1[C@@H](C(=O)Nc1nccs1)[C@@H]2CO. The van der Waals surface area contributed by atoms with Gasteiger partial charge in [0.15, 0.2) is 5.13 Å². The molecule has 1 amide bonds. The van der Waals surface area contributed by atoms with Crippen molar-refractivity contribution in [2.24, 2.45) is 11.8 Å². The van der Waals surface area contributed by atoms with Crippen LogP contribution in [0.25, 0.3) is 11.1 Å². The van der Waals surface area contributed by atoms with Crippen LogP contribution in [0.5, 0.6) is 0 Å². The third-order valence-corrected chi connectivity index (χ3v) is 7.34. The zero-order valence-corrected chi connectivity index (χ0v) is 18.3. The van der Waals surface area contributed by atoms with Gasteiger partial charge in [-0.15, -0.1) is 11.3 Å². The molecule has 0 aliphatic carbocycles. The van der Waals surface area contributed by atoms with E-state index in [-0.39, 0.29) is 41.9 Å². The number of pyridine rings is 1. The van der Waals surface area contributed by atoms with E-state index in [1.54, 1.807) is 34.3 Å². The Morgan fingerprint density at radius 1 is 1.28 bits per heavy atom. The van der Waals surface area contributed by atoms with E-state index < -0.39 is 5.92 Å². The summed E-state index contributed by atoms with van der Waals surface area (Å²) in [6.07, 6.45) is 1.63. The fraction of sp³-hybridized carbons (Fsp3) is 0.348. The van der Waals surface area contributed by atoms with Gasteiger partial charge in [-0.3, -0.25) is 14.5 Å². The number of nitrogens with zero attached hydrogens (tertiary/aromatic N) is 3. The molecule has 0 spiro atoms. The minimum absolute atomic E-state index is 0.143. The number of likely N-dealkylation sites (N-methyl/N-ethyl adjacent to an activating group) is 1. The molecule has 2 aromatic heterocycles. The fourth-order valence-corrected chi connectivity index (χ4v) is 5.81. The monoisotopic (exact) mass is 454 g/mol. The zero-order chi connectivity index (χ0) is 22.4. The summed E-state index contributed by atoms with van der Waals surface area (Å²) in [4.78, 5) is 33.1. The van der Waals surface area contributed by atoms with Crippen molar-refractivity contribution in [3.8, 4) is 11.1 Å². The lowest BCUT2D eigenvalue weighted by Crippen LogP contribution is -2.46. The molecule has 5 rings (SSSR count). The predicted octanol–water partition coefficient (Wildman–Crippen LogP) is 2.73. The van der Waals surface area contributed by atoms with Crippen molar-refractivity contribution < 1.29 is 14.3 Å². The number of carbonyl (C=O) groups excluding carboxylic acids is 1. The van der Waals surface area contributed by atoms with Gasteiger partial charge < -0.3 is 15.0 Å². The van der Waals surface area contributed by atoms with Crippen LogP contribution in [0, 0.1) is 17.7 Å². The number of aliphatic hydroxyl groups excluding tert-OH is 1. The minimum atomic E-state index is -0.515. The van der Waals surface area contributed by atoms with Gasteiger partial charge in [-0.25, -0.2) is 9.37 Å². The van der Waals surface area contributed by atoms with Crippen LogP contribution < -0.4 is 10.9 Å². The van der Waals surface area contributed by atoms with Gasteiger partial charge >= 0.3 is 0 Å². The molecule has 4 atom stereocenters. The van der Waals surface area contributed by atoms with E-state index in [4.69, 9.17) is 0 Å². The molecule has 2 aliphatic heterocycles. The molecular formula is C23H23FN4O3S. The second-order valence-corrected chi connectivity index (χ2v) is 9.03. The van der Waals surface area contributed by atoms with E-state index >= 15 is 0 Å². The first-order valence-corrected chi connectivity index (χ1v) is 11.5. The van der Waals surface area contributed by atoms with Gasteiger partial charge in [-0.05, 0) is 36.4 Å². The molecule has 2 aliphatic rings. The molecule has 9 heteroatoms. The summed E-state index contributed by atoms with van der Waals surface area (Å²) in [6.45, 7) is 2.96. The molecule has 3 aromatic rings. The quantitative estimate of drug-likeness (QED) is 0.619. The standard InChI is InChI=1S/C23H23FN4O3S/c1-2-27-18-11-28-17(8-7-15(22(28)31)13-3-5-14(24)6-4-13)20(27)19(16(18)12-29)21(30)26-23-25-9-10-32-23/h3-10,16,18-20,29H,2,11-12H2,1H3,(H,25,26,30)/t16-,18-,19+,20+/m1/s1. The first kappa shape index (κ1) is 21.0. The number of hydrogen-bond acceptors (Lipinski definition) is 6. The molecular weight excluding hydrogens is 431 g/mol. The smallest absolute Gasteiger partial charge is 0.258 e. The number of thiazole rings is 1. The Labute approximate surface area is 188 Å². The lowest BCUT2D eigenvalue weighted by atomic mass is 9.86. The van der Waals surface area contributed by atoms with E-state index in [1.165, 1.54) is 23.5 Å². The third kappa shape index (κ3) is 3.28. The average Bonchev–Trinajstić information content (AvgIpc) is 3.38. The van der Waals surface area contributed by atoms with Gasteiger partial charge in [0.2, 0.25) is 5.91 Å². The maximum Gasteiger partial charge on any atom is 0.258 e. The number of nitrogens with one attached hydrogen (secondary N) is 1. The highest BCUT2D eigenvalue weighted by atomic mass is 32.1. The Balaban J connectivity index is 1.58. The van der Waals surface area contributed by atoms with Crippen molar-refractivity contribution in [1.82, 2.24) is 14.5 Å². The van der Waals surface area contributed by atoms with Crippen LogP contribution >= 0.6 is 11.3 Å². The number of amides is 1. The van der Waals surface area contributed by atoms with Crippen molar-refractivity contribution in [2.45, 2.75) is 25.6 Å². The minimum Gasteiger partial charge on any atom is -0.396 e. The fourth-order valence-electron chi connectivity index (χ4n) is 5.28. The number of aliphatic hydroxyl groups is 1. The Morgan fingerprint density at radius 3 is 2.72 bits per heavy atom. The molecule has 2 N–H and O–H groups in total. The van der Waals surface area contributed by atoms with Gasteiger partial charge in [-0.2, -0.15) is 0 Å². The molecule has 1 aromatic carbocycles. The van der Waals surface area contributed by atoms with Crippen LogP contribution in [-0.4, -0.2) is 44.7 Å². The summed E-state index contributed by atoms with van der Waals surface area (Å²) in [5.74, 6) is -1.39. The molecule has 166 valence electrons. The summed E-state index contributed by atoms with van der Waals surface area (Å²) < 4.78 is 15.1. The third-order valence-electron chi connectivity index (χ3n) is 6.66. The number of hydrogen-bond donors (Lipinski definition) is 2. The van der Waals surface area contributed by atoms with E-state index in [0.29, 0.717) is 29.3 Å². The Hall–Kier alpha value is -2.88. The van der Waals surface area contributed by atoms with E-state index in [0.717, 1.165) is 5.69 Å². The van der Waals surface area contributed by atoms with Gasteiger partial charge in [0, 0.05) is 47.9 Å². The molecule has 1 saturated heterocycles. The van der Waals surface area contributed by atoms with Crippen molar-refractivity contribution in [3.63, 3.8) is 0 Å². The van der Waals surface area contributed by atoms with Crippen molar-refractivity contribution in [1.29, 1.82) is 0 Å². The maximum atomic E-state index is 13.4. The molecule has 7 nitrogen and oxygen atoms in total. The van der Waals surface area contributed by atoms with Crippen LogP contribution in [0.2, 0.25) is 0 Å². The Kier molecular flexibility index (Phi) is 5.40. The van der Waals surface area contributed by atoms with Gasteiger partial charge in [0.05, 0.1) is 12.0 Å². The topological polar surface area (TPSA) is 87.5 Å². The van der Waals surface area contributed by atoms with E-state index in [9.17, 15) is 19.1 Å². The van der Waals surface area contributed by atoms with Crippen molar-refractivity contribution in [3.05, 3.63) is 69.8 Å². The summed E-state index contributed by atoms with van der Waals surface area (Å²) in [7, 11) is 0. The van der Waals surface area contributed by atoms with Crippen LogP contribution in [-0.2, 0) is 11.3 Å². The number of rotatable bonds is 5. The van der Waals surface area contributed by atoms with Crippen LogP contribution in [0.3, 0.4) is 0 Å². The summed E-state index contributed by atoms with van der Waals surface area (Å²) >= 11 is 1.34. The molecule has 0 radical (unpaired) electrons. The number of carbonyl (C=O) groups is 1. The lowest BCUT2D eigenvalue weighted by Gasteiger charge is -2.37. The summed E-state index contributed by atoms with van der Waals surface area (Å²) in [6, 6.07) is 9.02. The highest BCUT2D eigenvalue weighted by Gasteiger charge is 2.55. The molecule has 32 heavy (non-hydrogen) atoms. The normalized spacial score (nSPS) is 24.3.